The molecule has 2 fully saturated rings. The minimum atomic E-state index is -0.612. The zero-order valence-electron chi connectivity index (χ0n) is 10.6. The highest BCUT2D eigenvalue weighted by Gasteiger charge is 2.52. The molecule has 0 bridgehead atoms. The van der Waals surface area contributed by atoms with Crippen LogP contribution in [0.4, 0.5) is 0 Å². The monoisotopic (exact) mass is 277 g/mol. The molecule has 0 aromatic heterocycles. The molecule has 100 valence electrons. The van der Waals surface area contributed by atoms with Crippen LogP contribution in [-0.2, 0) is 4.79 Å². The number of benzene rings is 1. The number of aliphatic hydroxyl groups is 1. The molecule has 1 N–H and O–H groups in total. The van der Waals surface area contributed by atoms with Crippen molar-refractivity contribution in [3.8, 4) is 0 Å². The van der Waals surface area contributed by atoms with Gasteiger partial charge in [-0.3, -0.25) is 4.79 Å². The molecule has 1 aromatic carbocycles. The number of carbonyl (C=O) groups is 1. The molecular formula is C15H16ClNO2. The SMILES string of the molecule is O=C(C=Cc1cccc(Cl)c1)N1CC(O)(C2CC2)C1. The van der Waals surface area contributed by atoms with E-state index in [4.69, 9.17) is 11.6 Å². The maximum atomic E-state index is 11.9. The van der Waals surface area contributed by atoms with Crippen molar-refractivity contribution in [1.29, 1.82) is 0 Å². The molecule has 2 aliphatic rings. The van der Waals surface area contributed by atoms with Crippen LogP contribution in [0, 0.1) is 5.92 Å². The molecular weight excluding hydrogens is 262 g/mol. The Hall–Kier alpha value is -1.32. The van der Waals surface area contributed by atoms with Crippen LogP contribution in [0.5, 0.6) is 0 Å². The summed E-state index contributed by atoms with van der Waals surface area (Å²) >= 11 is 5.88. The van der Waals surface area contributed by atoms with Gasteiger partial charge in [-0.15, -0.1) is 0 Å². The zero-order chi connectivity index (χ0) is 13.5. The van der Waals surface area contributed by atoms with Gasteiger partial charge in [0.15, 0.2) is 0 Å². The average molecular weight is 278 g/mol. The van der Waals surface area contributed by atoms with Gasteiger partial charge < -0.3 is 10.0 Å². The second kappa shape index (κ2) is 4.66. The number of hydrogen-bond acceptors (Lipinski definition) is 2. The lowest BCUT2D eigenvalue weighted by molar-refractivity contribution is -0.154. The van der Waals surface area contributed by atoms with E-state index < -0.39 is 5.60 Å². The number of halogens is 1. The largest absolute Gasteiger partial charge is 0.386 e. The smallest absolute Gasteiger partial charge is 0.246 e. The summed E-state index contributed by atoms with van der Waals surface area (Å²) in [6.45, 7) is 0.937. The van der Waals surface area contributed by atoms with Crippen molar-refractivity contribution >= 4 is 23.6 Å². The number of β-amino-alcohol motifs (C(OH)–C–C–N with tert-alkyl or cyclic N) is 1. The van der Waals surface area contributed by atoms with E-state index in [1.165, 1.54) is 6.08 Å². The Morgan fingerprint density at radius 1 is 1.42 bits per heavy atom. The van der Waals surface area contributed by atoms with Gasteiger partial charge in [0.1, 0.15) is 5.60 Å². The summed E-state index contributed by atoms with van der Waals surface area (Å²) in [6, 6.07) is 7.35. The van der Waals surface area contributed by atoms with E-state index in [1.54, 1.807) is 17.0 Å². The van der Waals surface area contributed by atoms with Crippen molar-refractivity contribution in [3.05, 3.63) is 40.9 Å². The number of amides is 1. The zero-order valence-corrected chi connectivity index (χ0v) is 11.3. The molecule has 1 aliphatic carbocycles. The van der Waals surface area contributed by atoms with Gasteiger partial charge >= 0.3 is 0 Å². The van der Waals surface area contributed by atoms with Gasteiger partial charge in [0.25, 0.3) is 0 Å². The van der Waals surface area contributed by atoms with E-state index in [1.807, 2.05) is 18.2 Å². The van der Waals surface area contributed by atoms with Crippen molar-refractivity contribution in [2.45, 2.75) is 18.4 Å². The lowest BCUT2D eigenvalue weighted by Crippen LogP contribution is -2.64. The summed E-state index contributed by atoms with van der Waals surface area (Å²) in [6.07, 6.45) is 5.48. The van der Waals surface area contributed by atoms with Gasteiger partial charge in [0.2, 0.25) is 5.91 Å². The standard InChI is InChI=1S/C15H16ClNO2/c16-13-3-1-2-11(8-13)4-7-14(18)17-9-15(19,10-17)12-5-6-12/h1-4,7-8,12,19H,5-6,9-10H2. The first-order valence-corrected chi connectivity index (χ1v) is 6.90. The van der Waals surface area contributed by atoms with Gasteiger partial charge in [0, 0.05) is 11.1 Å². The van der Waals surface area contributed by atoms with Gasteiger partial charge in [0.05, 0.1) is 13.1 Å². The van der Waals surface area contributed by atoms with Gasteiger partial charge in [-0.1, -0.05) is 23.7 Å². The third kappa shape index (κ3) is 2.67. The summed E-state index contributed by atoms with van der Waals surface area (Å²) in [5, 5.41) is 10.8. The number of rotatable bonds is 3. The number of hydrogen-bond donors (Lipinski definition) is 1. The fourth-order valence-electron chi connectivity index (χ4n) is 2.53. The first kappa shape index (κ1) is 12.7. The van der Waals surface area contributed by atoms with E-state index >= 15 is 0 Å². The van der Waals surface area contributed by atoms with E-state index in [-0.39, 0.29) is 5.91 Å². The molecule has 4 heteroatoms. The molecule has 1 amide bonds. The number of likely N-dealkylation sites (tertiary alicyclic amines) is 1. The first-order valence-electron chi connectivity index (χ1n) is 6.52. The molecule has 1 saturated carbocycles. The molecule has 1 aromatic rings. The third-order valence-electron chi connectivity index (χ3n) is 3.85. The van der Waals surface area contributed by atoms with Gasteiger partial charge in [-0.2, -0.15) is 0 Å². The summed E-state index contributed by atoms with van der Waals surface area (Å²) in [5.74, 6) is 0.360. The second-order valence-electron chi connectivity index (χ2n) is 5.46. The third-order valence-corrected chi connectivity index (χ3v) is 4.08. The molecule has 1 saturated heterocycles. The van der Waals surface area contributed by atoms with Crippen LogP contribution in [0.2, 0.25) is 5.02 Å². The van der Waals surface area contributed by atoms with Gasteiger partial charge in [-0.05, 0) is 42.5 Å². The minimum Gasteiger partial charge on any atom is -0.386 e. The molecule has 3 rings (SSSR count). The average Bonchev–Trinajstić information content (AvgIpc) is 3.16. The second-order valence-corrected chi connectivity index (χ2v) is 5.90. The van der Waals surface area contributed by atoms with Crippen LogP contribution in [-0.4, -0.2) is 34.6 Å². The lowest BCUT2D eigenvalue weighted by atomic mass is 9.88. The first-order chi connectivity index (χ1) is 9.07. The molecule has 1 aliphatic heterocycles. The topological polar surface area (TPSA) is 40.5 Å². The molecule has 3 nitrogen and oxygen atoms in total. The number of carbonyl (C=O) groups excluding carboxylic acids is 1. The summed E-state index contributed by atoms with van der Waals surface area (Å²) < 4.78 is 0. The minimum absolute atomic E-state index is 0.0506. The normalized spacial score (nSPS) is 21.5. The van der Waals surface area contributed by atoms with E-state index in [0.717, 1.165) is 18.4 Å². The van der Waals surface area contributed by atoms with Crippen LogP contribution in [0.25, 0.3) is 6.08 Å². The Bertz CT molecular complexity index is 531. The molecule has 19 heavy (non-hydrogen) atoms. The van der Waals surface area contributed by atoms with Crippen LogP contribution in [0.1, 0.15) is 18.4 Å². The van der Waals surface area contributed by atoms with Crippen LogP contribution >= 0.6 is 11.6 Å². The highest BCUT2D eigenvalue weighted by Crippen LogP contribution is 2.44. The van der Waals surface area contributed by atoms with Crippen molar-refractivity contribution in [1.82, 2.24) is 4.90 Å². The van der Waals surface area contributed by atoms with Crippen molar-refractivity contribution in [2.75, 3.05) is 13.1 Å². The maximum absolute atomic E-state index is 11.9. The molecule has 0 spiro atoms. The predicted octanol–water partition coefficient (Wildman–Crippen LogP) is 2.34. The molecule has 1 heterocycles. The van der Waals surface area contributed by atoms with Crippen LogP contribution in [0.15, 0.2) is 30.3 Å². The maximum Gasteiger partial charge on any atom is 0.246 e. The van der Waals surface area contributed by atoms with E-state index in [0.29, 0.717) is 24.0 Å². The number of nitrogens with zero attached hydrogens (tertiary/aromatic N) is 1. The summed E-state index contributed by atoms with van der Waals surface area (Å²) in [7, 11) is 0. The van der Waals surface area contributed by atoms with Crippen LogP contribution < -0.4 is 0 Å². The van der Waals surface area contributed by atoms with E-state index in [2.05, 4.69) is 0 Å². The fraction of sp³-hybridized carbons (Fsp3) is 0.400. The van der Waals surface area contributed by atoms with Crippen molar-refractivity contribution in [2.24, 2.45) is 5.92 Å². The highest BCUT2D eigenvalue weighted by atomic mass is 35.5. The molecule has 0 unspecified atom stereocenters. The Balaban J connectivity index is 1.57. The quantitative estimate of drug-likeness (QED) is 0.862. The Kier molecular flexibility index (Phi) is 3.11. The fourth-order valence-corrected chi connectivity index (χ4v) is 2.73. The van der Waals surface area contributed by atoms with Crippen LogP contribution in [0.3, 0.4) is 0 Å². The van der Waals surface area contributed by atoms with Crippen molar-refractivity contribution < 1.29 is 9.90 Å². The van der Waals surface area contributed by atoms with E-state index in [9.17, 15) is 9.90 Å². The summed E-state index contributed by atoms with van der Waals surface area (Å²) in [4.78, 5) is 13.6. The molecule has 0 radical (unpaired) electrons. The van der Waals surface area contributed by atoms with Crippen molar-refractivity contribution in [3.63, 3.8) is 0 Å². The Morgan fingerprint density at radius 2 is 2.16 bits per heavy atom. The molecule has 0 atom stereocenters. The Labute approximate surface area is 117 Å². The Morgan fingerprint density at radius 3 is 2.79 bits per heavy atom. The highest BCUT2D eigenvalue weighted by molar-refractivity contribution is 6.30. The summed E-state index contributed by atoms with van der Waals surface area (Å²) in [5.41, 5.74) is 0.290. The lowest BCUT2D eigenvalue weighted by Gasteiger charge is -2.46. The predicted molar refractivity (Wildman–Crippen MR) is 74.7 cm³/mol. The van der Waals surface area contributed by atoms with Gasteiger partial charge in [-0.25, -0.2) is 0 Å².